The first-order valence-electron chi connectivity index (χ1n) is 17.1. The molecule has 0 spiro atoms. The molecule has 1 heterocycles. The molecule has 338 valence electrons. The first-order chi connectivity index (χ1) is 26.1. The smallest absolute Gasteiger partial charge is 0.791 e. The SMILES string of the molecule is CC#N.F[P-](F)(F)(F)(F)F.F[P-](F)(F)(F)(F)F.[Ni+2].[Pd+2].[S-]CCN1CCN(CC[S-])CC1.c1ccc([PH+](CC[PH+](c2ccccc2)c2ccccc2)c2ccccc2)cc1. The van der Waals surface area contributed by atoms with Gasteiger partial charge in [0, 0.05) is 33.1 Å². The number of nitrogens with zero attached hydrogens (tertiary/aromatic N) is 3. The molecule has 3 nitrogen and oxygen atoms in total. The molecule has 5 rings (SSSR count). The zero-order chi connectivity index (χ0) is 43.4. The van der Waals surface area contributed by atoms with Crippen molar-refractivity contribution in [3.05, 3.63) is 121 Å². The molecule has 0 bridgehead atoms. The number of piperazine rings is 1. The number of halogens is 12. The molecular formula is C36H45F12N3NiP4PdS2+2. The molecule has 0 aliphatic carbocycles. The predicted octanol–water partition coefficient (Wildman–Crippen LogP) is 11.7. The fourth-order valence-corrected chi connectivity index (χ4v) is 11.9. The van der Waals surface area contributed by atoms with E-state index in [1.165, 1.54) is 66.6 Å². The van der Waals surface area contributed by atoms with Gasteiger partial charge in [0.15, 0.2) is 0 Å². The number of benzene rings is 4. The van der Waals surface area contributed by atoms with Crippen molar-refractivity contribution in [3.63, 3.8) is 0 Å². The van der Waals surface area contributed by atoms with Crippen molar-refractivity contribution >= 4 is 77.9 Å². The van der Waals surface area contributed by atoms with E-state index in [9.17, 15) is 50.4 Å². The molecule has 1 aliphatic rings. The maximum Gasteiger partial charge on any atom is 2.00 e. The van der Waals surface area contributed by atoms with Crippen molar-refractivity contribution in [2.75, 3.05) is 63.1 Å². The maximum absolute atomic E-state index is 10.7. The van der Waals surface area contributed by atoms with Crippen molar-refractivity contribution in [1.29, 1.82) is 5.26 Å². The Balaban J connectivity index is 0. The van der Waals surface area contributed by atoms with E-state index < -0.39 is 31.5 Å². The van der Waals surface area contributed by atoms with Crippen LogP contribution in [0.15, 0.2) is 121 Å². The van der Waals surface area contributed by atoms with E-state index in [1.54, 1.807) is 6.07 Å². The molecule has 23 heteroatoms. The average Bonchev–Trinajstić information content (AvgIpc) is 3.11. The van der Waals surface area contributed by atoms with Crippen LogP contribution in [0.5, 0.6) is 0 Å². The minimum absolute atomic E-state index is 0. The topological polar surface area (TPSA) is 30.3 Å². The van der Waals surface area contributed by atoms with Crippen LogP contribution in [-0.4, -0.2) is 72.9 Å². The zero-order valence-electron chi connectivity index (χ0n) is 31.3. The summed E-state index contributed by atoms with van der Waals surface area (Å²) in [6.45, 7) is 8.28. The third-order valence-electron chi connectivity index (χ3n) is 7.39. The van der Waals surface area contributed by atoms with E-state index in [2.05, 4.69) is 131 Å². The Morgan fingerprint density at radius 3 is 0.814 bits per heavy atom. The number of hydrogen-bond donors (Lipinski definition) is 0. The first-order valence-corrected chi connectivity index (χ1v) is 25.7. The van der Waals surface area contributed by atoms with Gasteiger partial charge in [-0.05, 0) is 61.6 Å². The second kappa shape index (κ2) is 25.4. The Labute approximate surface area is 375 Å². The van der Waals surface area contributed by atoms with Crippen LogP contribution in [-0.2, 0) is 62.2 Å². The molecule has 0 N–H and O–H groups in total. The number of hydrogen-bond acceptors (Lipinski definition) is 5. The molecular weight excluding hydrogens is 1060 g/mol. The molecule has 0 unspecified atom stereocenters. The van der Waals surface area contributed by atoms with Crippen LogP contribution < -0.4 is 21.2 Å². The largest absolute Gasteiger partial charge is 2.00 e. The summed E-state index contributed by atoms with van der Waals surface area (Å²) >= 11 is 9.88. The number of nitriles is 1. The van der Waals surface area contributed by atoms with Crippen LogP contribution in [0.2, 0.25) is 0 Å². The minimum atomic E-state index is -10.7. The van der Waals surface area contributed by atoms with Gasteiger partial charge in [-0.3, -0.25) is 0 Å². The Morgan fingerprint density at radius 2 is 0.661 bits per heavy atom. The Morgan fingerprint density at radius 1 is 0.492 bits per heavy atom. The summed E-state index contributed by atoms with van der Waals surface area (Å²) in [5.74, 6) is 1.72. The van der Waals surface area contributed by atoms with Crippen LogP contribution in [0.3, 0.4) is 0 Å². The van der Waals surface area contributed by atoms with Gasteiger partial charge in [0.05, 0.1) is 43.1 Å². The molecule has 0 aromatic heterocycles. The standard InChI is InChI=1S/C26H24P2.C8H18N2S2.C2H3N.2F6P.Ni.Pd/c1-5-13-23(14-6-1)27(24-15-7-2-8-16-24)21-22-28(25-17-9-3-10-18-25)26-19-11-4-12-20-26;11-7-5-9-1-2-10(4-3-9)6-8-12;1-2-3;2*1-7(2,3,4,5)6;;/h1-20H,21-22H2;11-12H,1-8H2;1H3;;;;/q;;;2*-1;2*+2. The van der Waals surface area contributed by atoms with Gasteiger partial charge in [-0.2, -0.15) is 16.8 Å². The summed E-state index contributed by atoms with van der Waals surface area (Å²) in [4.78, 5) is 4.87. The minimum Gasteiger partial charge on any atom is -0.791 e. The molecule has 1 fully saturated rings. The van der Waals surface area contributed by atoms with Crippen molar-refractivity contribution in [2.45, 2.75) is 6.92 Å². The van der Waals surface area contributed by atoms with Crippen molar-refractivity contribution < 1.29 is 87.3 Å². The Bertz CT molecular complexity index is 1520. The van der Waals surface area contributed by atoms with Crippen LogP contribution in [0.25, 0.3) is 0 Å². The quantitative estimate of drug-likeness (QED) is 0.0646. The fraction of sp³-hybridized carbons (Fsp3) is 0.306. The summed E-state index contributed by atoms with van der Waals surface area (Å²) < 4.78 is 118. The molecule has 1 saturated heterocycles. The van der Waals surface area contributed by atoms with Gasteiger partial charge in [-0.1, -0.05) is 72.8 Å². The Hall–Kier alpha value is -0.974. The van der Waals surface area contributed by atoms with Crippen LogP contribution in [0.1, 0.15) is 6.92 Å². The monoisotopic (exact) mass is 1100 g/mol. The molecule has 0 saturated carbocycles. The van der Waals surface area contributed by atoms with E-state index in [-0.39, 0.29) is 36.9 Å². The van der Waals surface area contributed by atoms with E-state index in [4.69, 9.17) is 30.5 Å². The van der Waals surface area contributed by atoms with Crippen LogP contribution >= 0.6 is 31.5 Å². The fourth-order valence-electron chi connectivity index (χ4n) is 5.21. The molecule has 4 aromatic rings. The maximum atomic E-state index is 9.87. The van der Waals surface area contributed by atoms with Gasteiger partial charge in [0.25, 0.3) is 0 Å². The van der Waals surface area contributed by atoms with Crippen LogP contribution in [0.4, 0.5) is 50.4 Å². The molecule has 59 heavy (non-hydrogen) atoms. The second-order valence-corrected chi connectivity index (χ2v) is 22.0. The van der Waals surface area contributed by atoms with Gasteiger partial charge >= 0.3 is 103 Å². The summed E-state index contributed by atoms with van der Waals surface area (Å²) in [5, 5.41) is 13.4. The Kier molecular flexibility index (Phi) is 25.8. The van der Waals surface area contributed by atoms with Crippen molar-refractivity contribution in [1.82, 2.24) is 9.80 Å². The summed E-state index contributed by atoms with van der Waals surface area (Å²) in [7, 11) is -22.9. The van der Waals surface area contributed by atoms with Crippen molar-refractivity contribution in [2.24, 2.45) is 0 Å². The number of rotatable bonds is 11. The van der Waals surface area contributed by atoms with E-state index >= 15 is 0 Å². The molecule has 4 aromatic carbocycles. The normalized spacial score (nSPS) is 15.3. The molecule has 1 aliphatic heterocycles. The summed E-state index contributed by atoms with van der Waals surface area (Å²) in [6.07, 6.45) is 2.52. The zero-order valence-corrected chi connectivity index (χ0v) is 39.3. The third-order valence-corrected chi connectivity index (χ3v) is 13.9. The summed E-state index contributed by atoms with van der Waals surface area (Å²) in [6, 6.07) is 46.3. The van der Waals surface area contributed by atoms with Gasteiger partial charge in [-0.25, -0.2) is 0 Å². The van der Waals surface area contributed by atoms with E-state index in [0.717, 1.165) is 24.6 Å². The molecule has 0 amide bonds. The van der Waals surface area contributed by atoms with Gasteiger partial charge in [-0.15, -0.1) is 0 Å². The van der Waals surface area contributed by atoms with Crippen molar-refractivity contribution in [3.8, 4) is 6.07 Å². The molecule has 0 atom stereocenters. The summed E-state index contributed by atoms with van der Waals surface area (Å²) in [5.41, 5.74) is 0. The van der Waals surface area contributed by atoms with Gasteiger partial charge < -0.3 is 35.1 Å². The van der Waals surface area contributed by atoms with Gasteiger partial charge in [0.1, 0.15) is 12.3 Å². The van der Waals surface area contributed by atoms with E-state index in [0.29, 0.717) is 0 Å². The first kappa shape index (κ1) is 60.1. The third kappa shape index (κ3) is 37.3. The average molecular weight is 1100 g/mol. The van der Waals surface area contributed by atoms with Crippen LogP contribution in [0, 0.1) is 11.3 Å². The van der Waals surface area contributed by atoms with Gasteiger partial charge in [0.2, 0.25) is 0 Å². The van der Waals surface area contributed by atoms with E-state index in [1.807, 2.05) is 0 Å². The molecule has 0 radical (unpaired) electrons. The predicted molar refractivity (Wildman–Crippen MR) is 226 cm³/mol. The second-order valence-electron chi connectivity index (χ2n) is 12.2.